The number of urea groups is 1. The molecule has 1 aliphatic heterocycles. The zero-order valence-corrected chi connectivity index (χ0v) is 17.7. The lowest BCUT2D eigenvalue weighted by molar-refractivity contribution is 0.191. The highest BCUT2D eigenvalue weighted by Gasteiger charge is 2.27. The molecule has 0 bridgehead atoms. The lowest BCUT2D eigenvalue weighted by atomic mass is 10.1. The van der Waals surface area contributed by atoms with Crippen molar-refractivity contribution < 1.29 is 13.9 Å². The second-order valence-electron chi connectivity index (χ2n) is 7.48. The first-order valence-electron chi connectivity index (χ1n) is 10.2. The predicted molar refractivity (Wildman–Crippen MR) is 117 cm³/mol. The van der Waals surface area contributed by atoms with E-state index in [2.05, 4.69) is 10.3 Å². The van der Waals surface area contributed by atoms with Crippen molar-refractivity contribution in [2.24, 2.45) is 7.05 Å². The fraction of sp³-hybridized carbons (Fsp3) is 0.304. The van der Waals surface area contributed by atoms with Gasteiger partial charge in [0.1, 0.15) is 23.4 Å². The van der Waals surface area contributed by atoms with Crippen molar-refractivity contribution in [1.82, 2.24) is 19.8 Å². The predicted octanol–water partition coefficient (Wildman–Crippen LogP) is 3.19. The second kappa shape index (κ2) is 9.07. The molecule has 2 heterocycles. The molecule has 1 aromatic heterocycles. The van der Waals surface area contributed by atoms with Gasteiger partial charge in [-0.15, -0.1) is 0 Å². The highest BCUT2D eigenvalue weighted by Crippen LogP contribution is 2.24. The number of anilines is 1. The minimum atomic E-state index is -0.400. The van der Waals surface area contributed by atoms with Crippen LogP contribution < -0.4 is 15.0 Å². The maximum Gasteiger partial charge on any atom is 0.318 e. The van der Waals surface area contributed by atoms with Gasteiger partial charge in [-0.25, -0.2) is 14.2 Å². The Labute approximate surface area is 181 Å². The minimum Gasteiger partial charge on any atom is -0.497 e. The van der Waals surface area contributed by atoms with Crippen molar-refractivity contribution in [3.8, 4) is 5.75 Å². The quantitative estimate of drug-likeness (QED) is 0.685. The van der Waals surface area contributed by atoms with E-state index in [9.17, 15) is 9.18 Å². The molecule has 1 unspecified atom stereocenters. The van der Waals surface area contributed by atoms with Crippen LogP contribution in [0.2, 0.25) is 0 Å². The average Bonchev–Trinajstić information content (AvgIpc) is 3.23. The topological polar surface area (TPSA) is 62.6 Å². The number of halogens is 1. The number of imidazole rings is 1. The summed E-state index contributed by atoms with van der Waals surface area (Å²) in [6, 6.07) is 13.7. The van der Waals surface area contributed by atoms with E-state index in [0.29, 0.717) is 31.9 Å². The smallest absolute Gasteiger partial charge is 0.318 e. The van der Waals surface area contributed by atoms with Gasteiger partial charge in [-0.1, -0.05) is 24.3 Å². The Morgan fingerprint density at radius 1 is 1.10 bits per heavy atom. The standard InChI is InChI=1S/C23H26FN5O2/c1-27-12-11-25-22(27)21(17-7-9-18(31-2)10-8-17)26-23(30)29-15-13-28(14-16-29)20-6-4-3-5-19(20)24/h3-12,21H,13-16H2,1-2H3,(H,26,30). The largest absolute Gasteiger partial charge is 0.497 e. The number of ether oxygens (including phenoxy) is 1. The highest BCUT2D eigenvalue weighted by atomic mass is 19.1. The molecule has 162 valence electrons. The van der Waals surface area contributed by atoms with Crippen LogP contribution in [0.3, 0.4) is 0 Å². The number of nitrogens with zero attached hydrogens (tertiary/aromatic N) is 4. The zero-order chi connectivity index (χ0) is 21.8. The molecule has 8 heteroatoms. The van der Waals surface area contributed by atoms with Crippen LogP contribution in [-0.2, 0) is 7.05 Å². The molecule has 4 rings (SSSR count). The molecule has 2 amide bonds. The van der Waals surface area contributed by atoms with Gasteiger partial charge in [0.05, 0.1) is 12.8 Å². The molecule has 3 aromatic rings. The number of para-hydroxylation sites is 1. The lowest BCUT2D eigenvalue weighted by Gasteiger charge is -2.36. The summed E-state index contributed by atoms with van der Waals surface area (Å²) >= 11 is 0. The summed E-state index contributed by atoms with van der Waals surface area (Å²) in [5, 5.41) is 3.12. The van der Waals surface area contributed by atoms with Crippen LogP contribution in [0.1, 0.15) is 17.4 Å². The summed E-state index contributed by atoms with van der Waals surface area (Å²) in [4.78, 5) is 21.3. The first-order valence-corrected chi connectivity index (χ1v) is 10.2. The molecule has 1 atom stereocenters. The Morgan fingerprint density at radius 2 is 1.81 bits per heavy atom. The Hall–Kier alpha value is -3.55. The summed E-state index contributed by atoms with van der Waals surface area (Å²) < 4.78 is 21.2. The van der Waals surface area contributed by atoms with Crippen LogP contribution >= 0.6 is 0 Å². The number of amides is 2. The van der Waals surface area contributed by atoms with Crippen LogP contribution in [0.15, 0.2) is 60.9 Å². The molecule has 1 aliphatic rings. The third-order valence-electron chi connectivity index (χ3n) is 5.59. The normalized spacial score (nSPS) is 14.9. The Morgan fingerprint density at radius 3 is 2.42 bits per heavy atom. The van der Waals surface area contributed by atoms with Gasteiger partial charge in [-0.3, -0.25) is 0 Å². The molecule has 1 N–H and O–H groups in total. The monoisotopic (exact) mass is 423 g/mol. The summed E-state index contributed by atoms with van der Waals surface area (Å²) in [6.45, 7) is 2.17. The van der Waals surface area contributed by atoms with Gasteiger partial charge in [0.25, 0.3) is 0 Å². The first-order chi connectivity index (χ1) is 15.1. The van der Waals surface area contributed by atoms with E-state index >= 15 is 0 Å². The number of piperazine rings is 1. The summed E-state index contributed by atoms with van der Waals surface area (Å²) in [7, 11) is 3.52. The van der Waals surface area contributed by atoms with E-state index in [1.807, 2.05) is 53.0 Å². The van der Waals surface area contributed by atoms with E-state index in [0.717, 1.165) is 17.1 Å². The lowest BCUT2D eigenvalue weighted by Crippen LogP contribution is -2.52. The van der Waals surface area contributed by atoms with E-state index in [1.165, 1.54) is 6.07 Å². The van der Waals surface area contributed by atoms with Crippen molar-refractivity contribution >= 4 is 11.7 Å². The van der Waals surface area contributed by atoms with Crippen molar-refractivity contribution in [3.63, 3.8) is 0 Å². The Balaban J connectivity index is 1.47. The molecule has 0 aliphatic carbocycles. The van der Waals surface area contributed by atoms with Crippen molar-refractivity contribution in [2.45, 2.75) is 6.04 Å². The van der Waals surface area contributed by atoms with Gasteiger partial charge in [0.15, 0.2) is 0 Å². The molecule has 0 spiro atoms. The number of aryl methyl sites for hydroxylation is 1. The van der Waals surface area contributed by atoms with Gasteiger partial charge in [0.2, 0.25) is 0 Å². The fourth-order valence-electron chi connectivity index (χ4n) is 3.82. The van der Waals surface area contributed by atoms with Crippen LogP contribution in [0.25, 0.3) is 0 Å². The number of hydrogen-bond donors (Lipinski definition) is 1. The molecule has 31 heavy (non-hydrogen) atoms. The van der Waals surface area contributed by atoms with Crippen molar-refractivity contribution in [3.05, 3.63) is 78.1 Å². The molecular formula is C23H26FN5O2. The van der Waals surface area contributed by atoms with E-state index in [-0.39, 0.29) is 11.8 Å². The maximum atomic E-state index is 14.1. The van der Waals surface area contributed by atoms with Crippen molar-refractivity contribution in [1.29, 1.82) is 0 Å². The van der Waals surface area contributed by atoms with Crippen LogP contribution in [0, 0.1) is 5.82 Å². The summed E-state index contributed by atoms with van der Waals surface area (Å²) in [6.07, 6.45) is 3.57. The van der Waals surface area contributed by atoms with Crippen LogP contribution in [-0.4, -0.2) is 53.8 Å². The number of aromatic nitrogens is 2. The molecule has 7 nitrogen and oxygen atoms in total. The average molecular weight is 423 g/mol. The summed E-state index contributed by atoms with van der Waals surface area (Å²) in [5.41, 5.74) is 1.49. The Kier molecular flexibility index (Phi) is 6.06. The number of rotatable bonds is 5. The number of nitrogens with one attached hydrogen (secondary N) is 1. The molecule has 0 radical (unpaired) electrons. The van der Waals surface area contributed by atoms with E-state index in [1.54, 1.807) is 30.3 Å². The molecule has 0 saturated carbocycles. The van der Waals surface area contributed by atoms with Gasteiger partial charge in [0, 0.05) is 45.6 Å². The number of carbonyl (C=O) groups excluding carboxylic acids is 1. The van der Waals surface area contributed by atoms with E-state index < -0.39 is 6.04 Å². The molecule has 1 fully saturated rings. The number of methoxy groups -OCH3 is 1. The summed E-state index contributed by atoms with van der Waals surface area (Å²) in [5.74, 6) is 1.25. The van der Waals surface area contributed by atoms with E-state index in [4.69, 9.17) is 4.74 Å². The number of carbonyl (C=O) groups is 1. The Bertz CT molecular complexity index is 1030. The third-order valence-corrected chi connectivity index (χ3v) is 5.59. The number of benzene rings is 2. The third kappa shape index (κ3) is 4.47. The fourth-order valence-corrected chi connectivity index (χ4v) is 3.82. The molecule has 2 aromatic carbocycles. The van der Waals surface area contributed by atoms with Gasteiger partial charge in [-0.05, 0) is 29.8 Å². The minimum absolute atomic E-state index is 0.169. The van der Waals surface area contributed by atoms with Crippen molar-refractivity contribution in [2.75, 3.05) is 38.2 Å². The molecule has 1 saturated heterocycles. The SMILES string of the molecule is COc1ccc(C(NC(=O)N2CCN(c3ccccc3F)CC2)c2nccn2C)cc1. The molecular weight excluding hydrogens is 397 g/mol. The number of hydrogen-bond acceptors (Lipinski definition) is 4. The second-order valence-corrected chi connectivity index (χ2v) is 7.48. The van der Waals surface area contributed by atoms with Gasteiger partial charge < -0.3 is 24.4 Å². The highest BCUT2D eigenvalue weighted by molar-refractivity contribution is 5.75. The van der Waals surface area contributed by atoms with Gasteiger partial charge in [-0.2, -0.15) is 0 Å². The van der Waals surface area contributed by atoms with Gasteiger partial charge >= 0.3 is 6.03 Å². The first kappa shape index (κ1) is 20.7. The van der Waals surface area contributed by atoms with Crippen LogP contribution in [0.4, 0.5) is 14.9 Å². The van der Waals surface area contributed by atoms with Crippen LogP contribution in [0.5, 0.6) is 5.75 Å². The maximum absolute atomic E-state index is 14.1. The zero-order valence-electron chi connectivity index (χ0n) is 17.7.